The van der Waals surface area contributed by atoms with Crippen LogP contribution in [0.3, 0.4) is 0 Å². The van der Waals surface area contributed by atoms with Crippen molar-refractivity contribution in [2.24, 2.45) is 5.92 Å². The quantitative estimate of drug-likeness (QED) is 0.781. The van der Waals surface area contributed by atoms with E-state index in [4.69, 9.17) is 5.11 Å². The average molecular weight is 332 g/mol. The first-order valence-corrected chi connectivity index (χ1v) is 7.79. The predicted molar refractivity (Wildman–Crippen MR) is 87.6 cm³/mol. The first-order chi connectivity index (χ1) is 11.5. The van der Waals surface area contributed by atoms with Gasteiger partial charge in [0.25, 0.3) is 5.56 Å². The minimum atomic E-state index is -1.00. The zero-order chi connectivity index (χ0) is 17.7. The molecule has 0 aliphatic carbocycles. The Morgan fingerprint density at radius 1 is 1.33 bits per heavy atom. The van der Waals surface area contributed by atoms with Crippen molar-refractivity contribution >= 4 is 22.8 Å². The van der Waals surface area contributed by atoms with Crippen molar-refractivity contribution in [3.05, 3.63) is 34.6 Å². The fraction of sp³-hybridized carbons (Fsp3) is 0.438. The summed E-state index contributed by atoms with van der Waals surface area (Å²) in [6.07, 6.45) is 0.467. The largest absolute Gasteiger partial charge is 0.481 e. The third kappa shape index (κ3) is 3.76. The lowest BCUT2D eigenvalue weighted by Crippen LogP contribution is -2.42. The lowest BCUT2D eigenvalue weighted by Gasteiger charge is -2.22. The van der Waals surface area contributed by atoms with Gasteiger partial charge in [-0.05, 0) is 18.1 Å². The molecule has 0 unspecified atom stereocenters. The number of carboxylic acids is 1. The van der Waals surface area contributed by atoms with Crippen molar-refractivity contribution in [2.45, 2.75) is 32.7 Å². The van der Waals surface area contributed by atoms with Crippen LogP contribution in [0.15, 0.2) is 29.1 Å². The molecular weight excluding hydrogens is 312 g/mol. The Morgan fingerprint density at radius 2 is 2.04 bits per heavy atom. The summed E-state index contributed by atoms with van der Waals surface area (Å²) in [7, 11) is 0. The van der Waals surface area contributed by atoms with E-state index in [1.165, 1.54) is 0 Å². The van der Waals surface area contributed by atoms with Crippen molar-refractivity contribution < 1.29 is 14.7 Å². The summed E-state index contributed by atoms with van der Waals surface area (Å²) in [4.78, 5) is 35.7. The van der Waals surface area contributed by atoms with Gasteiger partial charge in [0, 0.05) is 6.54 Å². The Balaban J connectivity index is 2.38. The van der Waals surface area contributed by atoms with Crippen LogP contribution in [-0.4, -0.2) is 38.5 Å². The number of benzene rings is 1. The summed E-state index contributed by atoms with van der Waals surface area (Å²) < 4.78 is 1.09. The Hall–Kier alpha value is -2.77. The zero-order valence-electron chi connectivity index (χ0n) is 13.6. The molecule has 0 aliphatic heterocycles. The van der Waals surface area contributed by atoms with Gasteiger partial charge in [0.2, 0.25) is 5.91 Å². The number of carboxylic acid groups (broad SMARTS) is 1. The first kappa shape index (κ1) is 17.6. The summed E-state index contributed by atoms with van der Waals surface area (Å²) in [5, 5.41) is 19.5. The molecule has 0 spiro atoms. The molecule has 0 radical (unpaired) electrons. The molecule has 128 valence electrons. The van der Waals surface area contributed by atoms with Gasteiger partial charge in [0.1, 0.15) is 11.6 Å². The number of nitrogens with one attached hydrogen (secondary N) is 1. The average Bonchev–Trinajstić information content (AvgIpc) is 2.56. The summed E-state index contributed by atoms with van der Waals surface area (Å²) in [5.74, 6) is -1.60. The van der Waals surface area contributed by atoms with Crippen LogP contribution < -0.4 is 10.9 Å². The minimum Gasteiger partial charge on any atom is -0.481 e. The highest BCUT2D eigenvalue weighted by atomic mass is 16.4. The number of fused-ring (bicyclic) bond motifs is 1. The third-order valence-corrected chi connectivity index (χ3v) is 3.94. The van der Waals surface area contributed by atoms with E-state index >= 15 is 0 Å². The molecule has 2 rings (SSSR count). The molecule has 0 bridgehead atoms. The highest BCUT2D eigenvalue weighted by molar-refractivity contribution is 5.82. The van der Waals surface area contributed by atoms with Crippen molar-refractivity contribution in [3.8, 4) is 0 Å². The number of hydrogen-bond acceptors (Lipinski definition) is 5. The van der Waals surface area contributed by atoms with Crippen LogP contribution in [0.1, 0.15) is 32.7 Å². The number of carbonyl (C=O) groups excluding carboxylic acids is 1. The van der Waals surface area contributed by atoms with Gasteiger partial charge in [0.05, 0.1) is 11.8 Å². The van der Waals surface area contributed by atoms with Crippen LogP contribution in [0.25, 0.3) is 10.9 Å². The topological polar surface area (TPSA) is 114 Å². The molecular formula is C16H20N4O4. The van der Waals surface area contributed by atoms with Gasteiger partial charge >= 0.3 is 5.97 Å². The van der Waals surface area contributed by atoms with Gasteiger partial charge in [0.15, 0.2) is 0 Å². The van der Waals surface area contributed by atoms with Crippen molar-refractivity contribution in [2.75, 3.05) is 6.54 Å². The van der Waals surface area contributed by atoms with Gasteiger partial charge in [-0.15, -0.1) is 5.10 Å². The van der Waals surface area contributed by atoms with E-state index in [0.29, 0.717) is 17.3 Å². The van der Waals surface area contributed by atoms with E-state index in [1.807, 2.05) is 13.8 Å². The number of amides is 1. The van der Waals surface area contributed by atoms with Crippen LogP contribution in [0.5, 0.6) is 0 Å². The molecule has 1 aromatic heterocycles. The lowest BCUT2D eigenvalue weighted by atomic mass is 9.98. The molecule has 0 aliphatic rings. The summed E-state index contributed by atoms with van der Waals surface area (Å²) in [6.45, 7) is 3.74. The Bertz CT molecular complexity index is 802. The zero-order valence-corrected chi connectivity index (χ0v) is 13.6. The summed E-state index contributed by atoms with van der Waals surface area (Å²) >= 11 is 0. The molecule has 0 saturated carbocycles. The molecule has 0 fully saturated rings. The highest BCUT2D eigenvalue weighted by Gasteiger charge is 2.28. The van der Waals surface area contributed by atoms with E-state index in [-0.39, 0.29) is 24.4 Å². The first-order valence-electron chi connectivity index (χ1n) is 7.79. The standard InChI is InChI=1S/C16H20N4O4/c1-3-10(2)14(15(23)17-9-8-13(21)22)20-16(24)11-6-4-5-7-12(11)18-19-20/h4-7,10,14H,3,8-9H2,1-2H3,(H,17,23)(H,21,22)/t10-,14+/m0/s1. The van der Waals surface area contributed by atoms with E-state index in [2.05, 4.69) is 15.6 Å². The number of carbonyl (C=O) groups is 2. The number of hydrogen-bond donors (Lipinski definition) is 2. The molecule has 24 heavy (non-hydrogen) atoms. The molecule has 1 aromatic carbocycles. The summed E-state index contributed by atoms with van der Waals surface area (Å²) in [6, 6.07) is 5.96. The Kier molecular flexibility index (Phi) is 5.62. The molecule has 8 nitrogen and oxygen atoms in total. The molecule has 2 N–H and O–H groups in total. The van der Waals surface area contributed by atoms with Crippen LogP contribution in [-0.2, 0) is 9.59 Å². The normalized spacial score (nSPS) is 13.4. The monoisotopic (exact) mass is 332 g/mol. The summed E-state index contributed by atoms with van der Waals surface area (Å²) in [5.41, 5.74) is 0.0761. The smallest absolute Gasteiger partial charge is 0.305 e. The second kappa shape index (κ2) is 7.67. The number of aliphatic carboxylic acids is 1. The number of nitrogens with zero attached hydrogens (tertiary/aromatic N) is 3. The van der Waals surface area contributed by atoms with Gasteiger partial charge in [-0.25, -0.2) is 0 Å². The van der Waals surface area contributed by atoms with Crippen molar-refractivity contribution in [1.82, 2.24) is 20.3 Å². The number of rotatable bonds is 7. The molecule has 8 heteroatoms. The van der Waals surface area contributed by atoms with E-state index in [9.17, 15) is 14.4 Å². The van der Waals surface area contributed by atoms with Crippen molar-refractivity contribution in [1.29, 1.82) is 0 Å². The second-order valence-corrected chi connectivity index (χ2v) is 5.62. The maximum absolute atomic E-state index is 12.7. The maximum Gasteiger partial charge on any atom is 0.305 e. The van der Waals surface area contributed by atoms with E-state index in [0.717, 1.165) is 4.68 Å². The van der Waals surface area contributed by atoms with Crippen molar-refractivity contribution in [3.63, 3.8) is 0 Å². The Morgan fingerprint density at radius 3 is 2.71 bits per heavy atom. The van der Waals surface area contributed by atoms with Crippen LogP contribution in [0, 0.1) is 5.92 Å². The predicted octanol–water partition coefficient (Wildman–Crippen LogP) is 0.970. The van der Waals surface area contributed by atoms with E-state index in [1.54, 1.807) is 24.3 Å². The maximum atomic E-state index is 12.7. The molecule has 2 atom stereocenters. The van der Waals surface area contributed by atoms with Crippen LogP contribution >= 0.6 is 0 Å². The van der Waals surface area contributed by atoms with Crippen LogP contribution in [0.4, 0.5) is 0 Å². The second-order valence-electron chi connectivity index (χ2n) is 5.62. The SMILES string of the molecule is CC[C@H](C)[C@H](C(=O)NCCC(=O)O)n1nnc2ccccc2c1=O. The molecule has 1 heterocycles. The van der Waals surface area contributed by atoms with Gasteiger partial charge < -0.3 is 10.4 Å². The third-order valence-electron chi connectivity index (χ3n) is 3.94. The molecule has 2 aromatic rings. The minimum absolute atomic E-state index is 0.00311. The van der Waals surface area contributed by atoms with Gasteiger partial charge in [-0.3, -0.25) is 14.4 Å². The number of aromatic nitrogens is 3. The fourth-order valence-electron chi connectivity index (χ4n) is 2.42. The van der Waals surface area contributed by atoms with Crippen LogP contribution in [0.2, 0.25) is 0 Å². The lowest BCUT2D eigenvalue weighted by molar-refractivity contribution is -0.137. The van der Waals surface area contributed by atoms with Gasteiger partial charge in [-0.2, -0.15) is 4.68 Å². The van der Waals surface area contributed by atoms with Gasteiger partial charge in [-0.1, -0.05) is 37.6 Å². The Labute approximate surface area is 138 Å². The highest BCUT2D eigenvalue weighted by Crippen LogP contribution is 2.19. The van der Waals surface area contributed by atoms with E-state index < -0.39 is 17.9 Å². The molecule has 1 amide bonds. The molecule has 0 saturated heterocycles. The fourth-order valence-corrected chi connectivity index (χ4v) is 2.42.